The molecular formula is C20H19FN4O2S2. The van der Waals surface area contributed by atoms with Crippen LogP contribution in [0.25, 0.3) is 0 Å². The molecule has 29 heavy (non-hydrogen) atoms. The molecule has 0 saturated heterocycles. The molecule has 0 aliphatic heterocycles. The number of hydrogen-bond acceptors (Lipinski definition) is 6. The van der Waals surface area contributed by atoms with E-state index in [2.05, 4.69) is 14.9 Å². The minimum atomic E-state index is -0.998. The lowest BCUT2D eigenvalue weighted by Gasteiger charge is -2.31. The van der Waals surface area contributed by atoms with Gasteiger partial charge in [0.2, 0.25) is 5.91 Å². The summed E-state index contributed by atoms with van der Waals surface area (Å²) in [5, 5.41) is 10.2. The van der Waals surface area contributed by atoms with Crippen LogP contribution in [0.15, 0.2) is 47.2 Å². The van der Waals surface area contributed by atoms with E-state index in [1.165, 1.54) is 33.7 Å². The highest BCUT2D eigenvalue weighted by molar-refractivity contribution is 7.10. The number of hydrogen-bond donors (Lipinski definition) is 1. The summed E-state index contributed by atoms with van der Waals surface area (Å²) in [4.78, 5) is 28.5. The van der Waals surface area contributed by atoms with Gasteiger partial charge < -0.3 is 5.32 Å². The standard InChI is InChI=1S/C20H19FN4O2S2/c21-14-8-3-4-9-16(14)25(20(27)15-12-29-24-23-15)18(17-10-5-11-28-17)19(26)22-13-6-1-2-7-13/h3-5,8-13,18H,1-2,6-7H2,(H,22,26)/t18-/m1/s1. The van der Waals surface area contributed by atoms with Gasteiger partial charge in [0, 0.05) is 16.3 Å². The lowest BCUT2D eigenvalue weighted by Crippen LogP contribution is -2.46. The summed E-state index contributed by atoms with van der Waals surface area (Å²) >= 11 is 2.38. The Hall–Kier alpha value is -2.65. The maximum absolute atomic E-state index is 14.8. The van der Waals surface area contributed by atoms with Crippen molar-refractivity contribution in [3.8, 4) is 0 Å². The van der Waals surface area contributed by atoms with Gasteiger partial charge in [0.25, 0.3) is 5.91 Å². The fraction of sp³-hybridized carbons (Fsp3) is 0.300. The number of nitrogens with one attached hydrogen (secondary N) is 1. The van der Waals surface area contributed by atoms with Crippen LogP contribution in [-0.2, 0) is 4.79 Å². The number of carbonyl (C=O) groups is 2. The van der Waals surface area contributed by atoms with Crippen LogP contribution in [0.1, 0.15) is 47.1 Å². The second kappa shape index (κ2) is 8.79. The number of rotatable bonds is 6. The number of benzene rings is 1. The van der Waals surface area contributed by atoms with Gasteiger partial charge >= 0.3 is 0 Å². The van der Waals surface area contributed by atoms with Crippen molar-refractivity contribution in [3.63, 3.8) is 0 Å². The fourth-order valence-electron chi connectivity index (χ4n) is 3.56. The molecule has 0 unspecified atom stereocenters. The zero-order valence-corrected chi connectivity index (χ0v) is 17.1. The third-order valence-corrected chi connectivity index (χ3v) is 6.36. The first-order valence-electron chi connectivity index (χ1n) is 9.34. The summed E-state index contributed by atoms with van der Waals surface area (Å²) in [5.41, 5.74) is 0.110. The lowest BCUT2D eigenvalue weighted by atomic mass is 10.1. The fourth-order valence-corrected chi connectivity index (χ4v) is 4.81. The van der Waals surface area contributed by atoms with Crippen molar-refractivity contribution in [2.45, 2.75) is 37.8 Å². The minimum Gasteiger partial charge on any atom is -0.351 e. The third kappa shape index (κ3) is 4.20. The number of para-hydroxylation sites is 1. The number of nitrogens with zero attached hydrogens (tertiary/aromatic N) is 3. The molecule has 0 spiro atoms. The maximum Gasteiger partial charge on any atom is 0.280 e. The van der Waals surface area contributed by atoms with Gasteiger partial charge in [-0.2, -0.15) is 0 Å². The number of anilines is 1. The van der Waals surface area contributed by atoms with E-state index < -0.39 is 17.8 Å². The van der Waals surface area contributed by atoms with Crippen LogP contribution in [0.4, 0.5) is 10.1 Å². The summed E-state index contributed by atoms with van der Waals surface area (Å²) in [5.74, 6) is -1.47. The predicted molar refractivity (Wildman–Crippen MR) is 111 cm³/mol. The third-order valence-electron chi connectivity index (χ3n) is 4.93. The first-order valence-corrected chi connectivity index (χ1v) is 11.1. The van der Waals surface area contributed by atoms with Gasteiger partial charge in [0.15, 0.2) is 11.7 Å². The zero-order valence-electron chi connectivity index (χ0n) is 15.5. The second-order valence-corrected chi connectivity index (χ2v) is 8.41. The van der Waals surface area contributed by atoms with Crippen molar-refractivity contribution < 1.29 is 14.0 Å². The number of amides is 2. The Morgan fingerprint density at radius 2 is 1.97 bits per heavy atom. The topological polar surface area (TPSA) is 75.2 Å². The molecular weight excluding hydrogens is 411 g/mol. The quantitative estimate of drug-likeness (QED) is 0.636. The van der Waals surface area contributed by atoms with Crippen LogP contribution < -0.4 is 10.2 Å². The Morgan fingerprint density at radius 1 is 1.17 bits per heavy atom. The lowest BCUT2D eigenvalue weighted by molar-refractivity contribution is -0.123. The van der Waals surface area contributed by atoms with Gasteiger partial charge in [-0.15, -0.1) is 16.4 Å². The van der Waals surface area contributed by atoms with Gasteiger partial charge in [-0.3, -0.25) is 14.5 Å². The predicted octanol–water partition coefficient (Wildman–Crippen LogP) is 4.19. The van der Waals surface area contributed by atoms with Crippen LogP contribution in [0.3, 0.4) is 0 Å². The summed E-state index contributed by atoms with van der Waals surface area (Å²) in [6.45, 7) is 0. The van der Waals surface area contributed by atoms with Crippen LogP contribution in [0.5, 0.6) is 0 Å². The Morgan fingerprint density at radius 3 is 2.62 bits per heavy atom. The van der Waals surface area contributed by atoms with Gasteiger partial charge in [-0.05, 0) is 48.0 Å². The van der Waals surface area contributed by atoms with E-state index in [4.69, 9.17) is 0 Å². The number of carbonyl (C=O) groups excluding carboxylic acids is 2. The van der Waals surface area contributed by atoms with Gasteiger partial charge in [-0.1, -0.05) is 35.5 Å². The molecule has 1 fully saturated rings. The van der Waals surface area contributed by atoms with E-state index in [0.29, 0.717) is 4.88 Å². The summed E-state index contributed by atoms with van der Waals surface area (Å²) in [7, 11) is 0. The van der Waals surface area contributed by atoms with Crippen molar-refractivity contribution in [1.29, 1.82) is 0 Å². The van der Waals surface area contributed by atoms with E-state index >= 15 is 0 Å². The Kier molecular flexibility index (Phi) is 5.96. The summed E-state index contributed by atoms with van der Waals surface area (Å²) in [6, 6.07) is 8.62. The van der Waals surface area contributed by atoms with E-state index in [9.17, 15) is 14.0 Å². The van der Waals surface area contributed by atoms with Crippen molar-refractivity contribution >= 4 is 40.4 Å². The van der Waals surface area contributed by atoms with Crippen molar-refractivity contribution in [2.75, 3.05) is 4.90 Å². The van der Waals surface area contributed by atoms with Crippen LogP contribution in [-0.4, -0.2) is 27.4 Å². The SMILES string of the molecule is O=C(NC1CCCC1)[C@@H](c1cccs1)N(C(=O)c1csnn1)c1ccccc1F. The first-order chi connectivity index (χ1) is 14.1. The second-order valence-electron chi connectivity index (χ2n) is 6.82. The molecule has 0 bridgehead atoms. The zero-order chi connectivity index (χ0) is 20.2. The van der Waals surface area contributed by atoms with Crippen molar-refractivity contribution in [2.24, 2.45) is 0 Å². The van der Waals surface area contributed by atoms with Crippen LogP contribution in [0.2, 0.25) is 0 Å². The van der Waals surface area contributed by atoms with E-state index in [1.807, 2.05) is 11.4 Å². The number of thiophene rings is 1. The molecule has 3 aromatic rings. The maximum atomic E-state index is 14.8. The van der Waals surface area contributed by atoms with Crippen molar-refractivity contribution in [3.05, 3.63) is 63.5 Å². The summed E-state index contributed by atoms with van der Waals surface area (Å²) in [6.07, 6.45) is 3.95. The van der Waals surface area contributed by atoms with Crippen LogP contribution in [0, 0.1) is 5.82 Å². The molecule has 1 aliphatic rings. The molecule has 6 nitrogen and oxygen atoms in total. The molecule has 0 radical (unpaired) electrons. The average Bonchev–Trinajstić information content (AvgIpc) is 3.49. The Bertz CT molecular complexity index is 972. The van der Waals surface area contributed by atoms with Gasteiger partial charge in [-0.25, -0.2) is 4.39 Å². The Labute approximate surface area is 175 Å². The van der Waals surface area contributed by atoms with Gasteiger partial charge in [0.1, 0.15) is 5.82 Å². The molecule has 150 valence electrons. The smallest absolute Gasteiger partial charge is 0.280 e. The molecule has 2 amide bonds. The normalized spacial score (nSPS) is 15.2. The molecule has 1 N–H and O–H groups in total. The molecule has 1 saturated carbocycles. The number of halogens is 1. The van der Waals surface area contributed by atoms with Gasteiger partial charge in [0.05, 0.1) is 5.69 Å². The highest BCUT2D eigenvalue weighted by Crippen LogP contribution is 2.34. The largest absolute Gasteiger partial charge is 0.351 e. The monoisotopic (exact) mass is 430 g/mol. The molecule has 1 atom stereocenters. The highest BCUT2D eigenvalue weighted by Gasteiger charge is 2.37. The Balaban J connectivity index is 1.78. The molecule has 1 aliphatic carbocycles. The molecule has 2 aromatic heterocycles. The van der Waals surface area contributed by atoms with E-state index in [1.54, 1.807) is 18.2 Å². The average molecular weight is 431 g/mol. The van der Waals surface area contributed by atoms with E-state index in [-0.39, 0.29) is 23.3 Å². The van der Waals surface area contributed by atoms with E-state index in [0.717, 1.165) is 37.2 Å². The minimum absolute atomic E-state index is 0.0328. The first kappa shape index (κ1) is 19.7. The number of aromatic nitrogens is 2. The molecule has 9 heteroatoms. The van der Waals surface area contributed by atoms with Crippen molar-refractivity contribution in [1.82, 2.24) is 14.9 Å². The summed E-state index contributed by atoms with van der Waals surface area (Å²) < 4.78 is 18.5. The van der Waals surface area contributed by atoms with Crippen LogP contribution >= 0.6 is 22.9 Å². The molecule has 2 heterocycles. The molecule has 4 rings (SSSR count). The highest BCUT2D eigenvalue weighted by atomic mass is 32.1. The molecule has 1 aromatic carbocycles.